The maximum Gasteiger partial charge on any atom is 0.173 e. The van der Waals surface area contributed by atoms with E-state index < -0.39 is 0 Å². The lowest BCUT2D eigenvalue weighted by Crippen LogP contribution is -2.51. The number of hydrogen-bond donors (Lipinski definition) is 3. The highest BCUT2D eigenvalue weighted by molar-refractivity contribution is 7.80. The number of nitrogens with zero attached hydrogens (tertiary/aromatic N) is 2. The summed E-state index contributed by atoms with van der Waals surface area (Å²) in [4.78, 5) is 4.62. The van der Waals surface area contributed by atoms with Gasteiger partial charge in [0.15, 0.2) is 10.2 Å². The van der Waals surface area contributed by atoms with Crippen LogP contribution in [0.1, 0.15) is 0 Å². The molecule has 0 unspecified atom stereocenters. The molecule has 0 bridgehead atoms. The molecule has 0 radical (unpaired) electrons. The van der Waals surface area contributed by atoms with Gasteiger partial charge in [-0.15, -0.1) is 12.4 Å². The molecule has 0 atom stereocenters. The standard InChI is InChI=1S/C22H29N5O2S2.ClH/c1-28-19-7-3-17(4-8-19)24-21(30)23-11-12-26-13-15-27(16-14-26)22(31)25-18-5-9-20(29-2)10-6-18;/h3-10H,11-16H2,1-2H3,(H,25,31)(H2,23,24,30);1H. The van der Waals surface area contributed by atoms with Crippen LogP contribution in [0.3, 0.4) is 0 Å². The fourth-order valence-electron chi connectivity index (χ4n) is 3.23. The molecule has 1 saturated heterocycles. The van der Waals surface area contributed by atoms with Crippen molar-refractivity contribution >= 4 is 58.4 Å². The third kappa shape index (κ3) is 7.98. The van der Waals surface area contributed by atoms with Crippen molar-refractivity contribution in [3.8, 4) is 11.5 Å². The number of ether oxygens (including phenoxy) is 2. The number of piperazine rings is 1. The minimum absolute atomic E-state index is 0. The zero-order valence-electron chi connectivity index (χ0n) is 18.3. The summed E-state index contributed by atoms with van der Waals surface area (Å²) in [5.41, 5.74) is 1.90. The summed E-state index contributed by atoms with van der Waals surface area (Å²) in [7, 11) is 3.31. The molecule has 1 aliphatic heterocycles. The molecule has 0 aromatic heterocycles. The second-order valence-electron chi connectivity index (χ2n) is 7.10. The average molecular weight is 496 g/mol. The van der Waals surface area contributed by atoms with E-state index in [2.05, 4.69) is 25.8 Å². The molecule has 1 heterocycles. The molecular formula is C22H30ClN5O2S2. The van der Waals surface area contributed by atoms with Crippen molar-refractivity contribution in [3.05, 3.63) is 48.5 Å². The van der Waals surface area contributed by atoms with Crippen LogP contribution in [0, 0.1) is 0 Å². The van der Waals surface area contributed by atoms with Gasteiger partial charge in [-0.25, -0.2) is 0 Å². The molecule has 0 saturated carbocycles. The molecule has 2 aromatic carbocycles. The van der Waals surface area contributed by atoms with Crippen LogP contribution in [0.25, 0.3) is 0 Å². The molecule has 1 aliphatic rings. The lowest BCUT2D eigenvalue weighted by molar-refractivity contribution is 0.186. The minimum Gasteiger partial charge on any atom is -0.497 e. The first-order chi connectivity index (χ1) is 15.1. The normalized spacial score (nSPS) is 13.5. The van der Waals surface area contributed by atoms with Crippen LogP contribution < -0.4 is 25.4 Å². The van der Waals surface area contributed by atoms with Crippen LogP contribution >= 0.6 is 36.8 Å². The maximum absolute atomic E-state index is 5.57. The monoisotopic (exact) mass is 495 g/mol. The number of benzene rings is 2. The molecular weight excluding hydrogens is 466 g/mol. The van der Waals surface area contributed by atoms with Gasteiger partial charge in [-0.3, -0.25) is 4.90 Å². The SMILES string of the molecule is COc1ccc(NC(=S)NCCN2CCN(C(=S)Nc3ccc(OC)cc3)CC2)cc1.Cl. The Kier molecular flexibility index (Phi) is 10.8. The molecule has 0 amide bonds. The Morgan fingerprint density at radius 1 is 0.812 bits per heavy atom. The number of methoxy groups -OCH3 is 2. The van der Waals surface area contributed by atoms with Crippen molar-refractivity contribution in [2.75, 3.05) is 64.1 Å². The van der Waals surface area contributed by atoms with Gasteiger partial charge in [-0.1, -0.05) is 0 Å². The van der Waals surface area contributed by atoms with E-state index in [1.54, 1.807) is 14.2 Å². The van der Waals surface area contributed by atoms with Gasteiger partial charge in [-0.05, 0) is 73.0 Å². The molecule has 32 heavy (non-hydrogen) atoms. The second kappa shape index (κ2) is 13.3. The first-order valence-electron chi connectivity index (χ1n) is 10.2. The van der Waals surface area contributed by atoms with Crippen molar-refractivity contribution in [3.63, 3.8) is 0 Å². The summed E-state index contributed by atoms with van der Waals surface area (Å²) < 4.78 is 10.4. The Labute approximate surface area is 206 Å². The lowest BCUT2D eigenvalue weighted by atomic mass is 10.3. The van der Waals surface area contributed by atoms with Gasteiger partial charge in [0.25, 0.3) is 0 Å². The number of rotatable bonds is 7. The summed E-state index contributed by atoms with van der Waals surface area (Å²) in [6.07, 6.45) is 0. The van der Waals surface area contributed by atoms with Crippen molar-refractivity contribution in [2.24, 2.45) is 0 Å². The Morgan fingerprint density at radius 3 is 1.81 bits per heavy atom. The fourth-order valence-corrected chi connectivity index (χ4v) is 3.75. The third-order valence-electron chi connectivity index (χ3n) is 5.06. The quantitative estimate of drug-likeness (QED) is 0.501. The van der Waals surface area contributed by atoms with Crippen molar-refractivity contribution in [1.82, 2.24) is 15.1 Å². The molecule has 0 spiro atoms. The Balaban J connectivity index is 0.00000363. The van der Waals surface area contributed by atoms with E-state index in [-0.39, 0.29) is 12.4 Å². The highest BCUT2D eigenvalue weighted by Gasteiger charge is 2.18. The number of anilines is 2. The summed E-state index contributed by atoms with van der Waals surface area (Å²) in [5, 5.41) is 11.1. The van der Waals surface area contributed by atoms with Gasteiger partial charge >= 0.3 is 0 Å². The van der Waals surface area contributed by atoms with Crippen LogP contribution in [-0.2, 0) is 0 Å². The minimum atomic E-state index is 0. The van der Waals surface area contributed by atoms with E-state index in [9.17, 15) is 0 Å². The topological polar surface area (TPSA) is 61.0 Å². The zero-order chi connectivity index (χ0) is 22.1. The Bertz CT molecular complexity index is 857. The van der Waals surface area contributed by atoms with Gasteiger partial charge < -0.3 is 30.3 Å². The molecule has 10 heteroatoms. The second-order valence-corrected chi connectivity index (χ2v) is 7.89. The predicted octanol–water partition coefficient (Wildman–Crippen LogP) is 3.43. The number of thiocarbonyl (C=S) groups is 2. The fraction of sp³-hybridized carbons (Fsp3) is 0.364. The Hall–Kier alpha value is -2.33. The van der Waals surface area contributed by atoms with Gasteiger partial charge in [-0.2, -0.15) is 0 Å². The highest BCUT2D eigenvalue weighted by Crippen LogP contribution is 2.16. The van der Waals surface area contributed by atoms with Gasteiger partial charge in [0.05, 0.1) is 14.2 Å². The highest BCUT2D eigenvalue weighted by atomic mass is 35.5. The summed E-state index contributed by atoms with van der Waals surface area (Å²) in [5.74, 6) is 1.65. The van der Waals surface area contributed by atoms with Crippen LogP contribution in [0.2, 0.25) is 0 Å². The van der Waals surface area contributed by atoms with E-state index in [0.29, 0.717) is 5.11 Å². The van der Waals surface area contributed by atoms with Crippen molar-refractivity contribution in [2.45, 2.75) is 0 Å². The molecule has 174 valence electrons. The van der Waals surface area contributed by atoms with Crippen LogP contribution in [0.15, 0.2) is 48.5 Å². The van der Waals surface area contributed by atoms with Crippen LogP contribution in [0.4, 0.5) is 11.4 Å². The first kappa shape index (κ1) is 25.9. The Morgan fingerprint density at radius 2 is 1.31 bits per heavy atom. The van der Waals surface area contributed by atoms with Crippen LogP contribution in [0.5, 0.6) is 11.5 Å². The number of nitrogens with one attached hydrogen (secondary N) is 3. The van der Waals surface area contributed by atoms with E-state index in [0.717, 1.165) is 67.3 Å². The number of hydrogen-bond acceptors (Lipinski definition) is 5. The maximum atomic E-state index is 5.57. The van der Waals surface area contributed by atoms with Crippen molar-refractivity contribution < 1.29 is 9.47 Å². The number of halogens is 1. The van der Waals surface area contributed by atoms with E-state index in [1.165, 1.54) is 0 Å². The molecule has 3 N–H and O–H groups in total. The van der Waals surface area contributed by atoms with Gasteiger partial charge in [0.2, 0.25) is 0 Å². The predicted molar refractivity (Wildman–Crippen MR) is 142 cm³/mol. The van der Waals surface area contributed by atoms with Gasteiger partial charge in [0.1, 0.15) is 11.5 Å². The van der Waals surface area contributed by atoms with Gasteiger partial charge in [0, 0.05) is 50.6 Å². The average Bonchev–Trinajstić information content (AvgIpc) is 2.80. The van der Waals surface area contributed by atoms with Crippen molar-refractivity contribution in [1.29, 1.82) is 0 Å². The summed E-state index contributed by atoms with van der Waals surface area (Å²) >= 11 is 11.0. The molecule has 3 rings (SSSR count). The van der Waals surface area contributed by atoms with E-state index in [1.807, 2.05) is 48.5 Å². The molecule has 7 nitrogen and oxygen atoms in total. The summed E-state index contributed by atoms with van der Waals surface area (Å²) in [6, 6.07) is 15.5. The smallest absolute Gasteiger partial charge is 0.173 e. The van der Waals surface area contributed by atoms with Crippen LogP contribution in [-0.4, -0.2) is 73.5 Å². The largest absolute Gasteiger partial charge is 0.497 e. The zero-order valence-corrected chi connectivity index (χ0v) is 20.7. The molecule has 1 fully saturated rings. The van der Waals surface area contributed by atoms with E-state index in [4.69, 9.17) is 33.9 Å². The molecule has 2 aromatic rings. The first-order valence-corrected chi connectivity index (χ1v) is 11.0. The van der Waals surface area contributed by atoms with E-state index >= 15 is 0 Å². The molecule has 0 aliphatic carbocycles. The third-order valence-corrected chi connectivity index (χ3v) is 5.67. The lowest BCUT2D eigenvalue weighted by Gasteiger charge is -2.36. The summed E-state index contributed by atoms with van der Waals surface area (Å²) in [6.45, 7) is 5.44.